The Morgan fingerprint density at radius 2 is 1.68 bits per heavy atom. The third-order valence-corrected chi connectivity index (χ3v) is 7.27. The van der Waals surface area contributed by atoms with Crippen molar-refractivity contribution in [3.63, 3.8) is 0 Å². The van der Waals surface area contributed by atoms with Gasteiger partial charge in [0.05, 0.1) is 6.54 Å². The summed E-state index contributed by atoms with van der Waals surface area (Å²) in [4.78, 5) is 1.24. The molecule has 3 heterocycles. The van der Waals surface area contributed by atoms with Crippen molar-refractivity contribution >= 4 is 46.2 Å². The van der Waals surface area contributed by atoms with Gasteiger partial charge in [-0.15, -0.1) is 21.5 Å². The van der Waals surface area contributed by atoms with E-state index >= 15 is 0 Å². The number of hydrogen-bond acceptors (Lipinski definition) is 5. The molecule has 0 atom stereocenters. The molecule has 5 nitrogen and oxygen atoms in total. The van der Waals surface area contributed by atoms with E-state index in [0.29, 0.717) is 22.5 Å². The van der Waals surface area contributed by atoms with Crippen LogP contribution in [0.25, 0.3) is 5.00 Å². The number of nitrogens with zero attached hydrogens (tertiary/aromatic N) is 5. The Kier molecular flexibility index (Phi) is 5.08. The number of benzene rings is 2. The number of aryl methyl sites for hydroxylation is 2. The van der Waals surface area contributed by atoms with Crippen LogP contribution < -0.4 is 5.01 Å². The van der Waals surface area contributed by atoms with Crippen molar-refractivity contribution in [2.24, 2.45) is 5.10 Å². The van der Waals surface area contributed by atoms with Gasteiger partial charge in [-0.2, -0.15) is 5.10 Å². The maximum atomic E-state index is 6.47. The van der Waals surface area contributed by atoms with Crippen molar-refractivity contribution in [3.05, 3.63) is 91.5 Å². The summed E-state index contributed by atoms with van der Waals surface area (Å²) in [7, 11) is 0. The van der Waals surface area contributed by atoms with Gasteiger partial charge in [-0.1, -0.05) is 53.5 Å². The largest absolute Gasteiger partial charge is 0.254 e. The monoisotopic (exact) mass is 467 g/mol. The fourth-order valence-electron chi connectivity index (χ4n) is 3.72. The van der Waals surface area contributed by atoms with Crippen LogP contribution in [0.2, 0.25) is 10.0 Å². The van der Waals surface area contributed by atoms with E-state index in [0.717, 1.165) is 33.2 Å². The van der Waals surface area contributed by atoms with Gasteiger partial charge >= 0.3 is 0 Å². The molecule has 0 bridgehead atoms. The van der Waals surface area contributed by atoms with Crippen LogP contribution in [0.1, 0.15) is 33.0 Å². The molecule has 0 amide bonds. The Balaban J connectivity index is 1.77. The quantitative estimate of drug-likeness (QED) is 0.353. The van der Waals surface area contributed by atoms with Crippen LogP contribution in [0.3, 0.4) is 0 Å². The summed E-state index contributed by atoms with van der Waals surface area (Å²) >= 11 is 14.4. The van der Waals surface area contributed by atoms with Gasteiger partial charge in [-0.05, 0) is 50.1 Å². The molecule has 156 valence electrons. The molecule has 5 rings (SSSR count). The highest BCUT2D eigenvalue weighted by Crippen LogP contribution is 2.39. The maximum Gasteiger partial charge on any atom is 0.253 e. The first-order valence-electron chi connectivity index (χ1n) is 9.82. The molecule has 2 aromatic heterocycles. The lowest BCUT2D eigenvalue weighted by molar-refractivity contribution is 0.798. The molecule has 0 spiro atoms. The molecular weight excluding hydrogens is 449 g/mol. The fraction of sp³-hybridized carbons (Fsp3) is 0.174. The van der Waals surface area contributed by atoms with E-state index in [1.165, 1.54) is 10.4 Å². The van der Waals surface area contributed by atoms with E-state index in [2.05, 4.69) is 28.6 Å². The number of rotatable bonds is 3. The Labute approximate surface area is 194 Å². The molecule has 0 aliphatic carbocycles. The molecule has 0 unspecified atom stereocenters. The van der Waals surface area contributed by atoms with Crippen LogP contribution in [-0.2, 0) is 6.54 Å². The van der Waals surface area contributed by atoms with Gasteiger partial charge < -0.3 is 0 Å². The van der Waals surface area contributed by atoms with Gasteiger partial charge in [0.15, 0.2) is 0 Å². The number of fused-ring (bicyclic) bond motifs is 3. The molecule has 4 aromatic rings. The summed E-state index contributed by atoms with van der Waals surface area (Å²) in [6.07, 6.45) is 0. The van der Waals surface area contributed by atoms with Crippen LogP contribution in [0.15, 0.2) is 53.6 Å². The first-order valence-corrected chi connectivity index (χ1v) is 11.4. The molecule has 1 aliphatic heterocycles. The standard InChI is InChI=1S/C23H19Cl2N5S/c1-13-14(2)31-22-20(13)21(16-8-10-18(24)11-9-16)28-29(23-27-26-15(3)30(22)23)12-17-6-4-5-7-19(17)25/h4-11H,12H2,1-3H3. The predicted octanol–water partition coefficient (Wildman–Crippen LogP) is 6.33. The Morgan fingerprint density at radius 1 is 0.935 bits per heavy atom. The van der Waals surface area contributed by atoms with E-state index in [9.17, 15) is 0 Å². The normalized spacial score (nSPS) is 12.9. The van der Waals surface area contributed by atoms with Gasteiger partial charge in [0, 0.05) is 26.0 Å². The molecule has 1 aliphatic rings. The van der Waals surface area contributed by atoms with Crippen molar-refractivity contribution in [1.29, 1.82) is 0 Å². The molecule has 8 heteroatoms. The highest BCUT2D eigenvalue weighted by atomic mass is 35.5. The van der Waals surface area contributed by atoms with E-state index in [4.69, 9.17) is 28.3 Å². The topological polar surface area (TPSA) is 46.3 Å². The highest BCUT2D eigenvalue weighted by molar-refractivity contribution is 7.15. The van der Waals surface area contributed by atoms with Crippen LogP contribution in [-0.4, -0.2) is 20.5 Å². The van der Waals surface area contributed by atoms with Crippen molar-refractivity contribution in [2.75, 3.05) is 5.01 Å². The number of anilines is 1. The highest BCUT2D eigenvalue weighted by Gasteiger charge is 2.30. The van der Waals surface area contributed by atoms with Gasteiger partial charge in [0.2, 0.25) is 0 Å². The zero-order valence-corrected chi connectivity index (χ0v) is 19.6. The molecule has 0 fully saturated rings. The van der Waals surface area contributed by atoms with Crippen molar-refractivity contribution < 1.29 is 0 Å². The number of halogens is 2. The lowest BCUT2D eigenvalue weighted by Gasteiger charge is -2.18. The lowest BCUT2D eigenvalue weighted by Crippen LogP contribution is -2.21. The Hall–Kier alpha value is -2.67. The summed E-state index contributed by atoms with van der Waals surface area (Å²) in [5.74, 6) is 1.48. The van der Waals surface area contributed by atoms with Gasteiger partial charge in [0.1, 0.15) is 16.5 Å². The molecule has 0 N–H and O–H groups in total. The fourth-order valence-corrected chi connectivity index (χ4v) is 5.24. The summed E-state index contributed by atoms with van der Waals surface area (Å²) < 4.78 is 2.09. The number of hydrogen-bond donors (Lipinski definition) is 0. The van der Waals surface area contributed by atoms with Gasteiger partial charge in [-0.3, -0.25) is 4.57 Å². The molecule has 31 heavy (non-hydrogen) atoms. The number of thiophene rings is 1. The van der Waals surface area contributed by atoms with E-state index in [-0.39, 0.29) is 0 Å². The molecule has 0 radical (unpaired) electrons. The minimum absolute atomic E-state index is 0.474. The van der Waals surface area contributed by atoms with Crippen molar-refractivity contribution in [3.8, 4) is 5.00 Å². The van der Waals surface area contributed by atoms with Crippen LogP contribution in [0, 0.1) is 20.8 Å². The minimum Gasteiger partial charge on any atom is -0.254 e. The third kappa shape index (κ3) is 3.45. The van der Waals surface area contributed by atoms with Crippen LogP contribution in [0.4, 0.5) is 5.95 Å². The summed E-state index contributed by atoms with van der Waals surface area (Å²) in [5, 5.41) is 18.3. The van der Waals surface area contributed by atoms with Gasteiger partial charge in [-0.25, -0.2) is 5.01 Å². The zero-order valence-electron chi connectivity index (χ0n) is 17.2. The first kappa shape index (κ1) is 20.2. The second kappa shape index (κ2) is 7.79. The Morgan fingerprint density at radius 3 is 2.42 bits per heavy atom. The van der Waals surface area contributed by atoms with E-state index < -0.39 is 0 Å². The average molecular weight is 468 g/mol. The molecule has 0 saturated heterocycles. The second-order valence-electron chi connectivity index (χ2n) is 7.45. The van der Waals surface area contributed by atoms with Crippen molar-refractivity contribution in [1.82, 2.24) is 14.8 Å². The number of aromatic nitrogens is 3. The maximum absolute atomic E-state index is 6.47. The van der Waals surface area contributed by atoms with E-state index in [1.807, 2.05) is 60.5 Å². The smallest absolute Gasteiger partial charge is 0.253 e. The summed E-state index contributed by atoms with van der Waals surface area (Å²) in [5.41, 5.74) is 5.13. The van der Waals surface area contributed by atoms with Crippen LogP contribution in [0.5, 0.6) is 0 Å². The zero-order chi connectivity index (χ0) is 21.7. The predicted molar refractivity (Wildman–Crippen MR) is 128 cm³/mol. The molecule has 2 aromatic carbocycles. The minimum atomic E-state index is 0.474. The summed E-state index contributed by atoms with van der Waals surface area (Å²) in [6, 6.07) is 15.6. The Bertz CT molecular complexity index is 1320. The number of hydrazone groups is 1. The van der Waals surface area contributed by atoms with Crippen LogP contribution >= 0.6 is 34.5 Å². The SMILES string of the molecule is Cc1sc2c(c1C)C(c1ccc(Cl)cc1)=NN(Cc1ccccc1Cl)c1nnc(C)n1-2. The third-order valence-electron chi connectivity index (χ3n) is 5.46. The summed E-state index contributed by atoms with van der Waals surface area (Å²) in [6.45, 7) is 6.71. The first-order chi connectivity index (χ1) is 14.9. The van der Waals surface area contributed by atoms with Gasteiger partial charge in [0.25, 0.3) is 5.95 Å². The van der Waals surface area contributed by atoms with Crippen molar-refractivity contribution in [2.45, 2.75) is 27.3 Å². The second-order valence-corrected chi connectivity index (χ2v) is 9.50. The average Bonchev–Trinajstić information content (AvgIpc) is 3.22. The molecule has 0 saturated carbocycles. The lowest BCUT2D eigenvalue weighted by atomic mass is 10.00. The molecular formula is C23H19Cl2N5S. The van der Waals surface area contributed by atoms with E-state index in [1.54, 1.807) is 11.3 Å².